The smallest absolute Gasteiger partial charge is 0.0499 e. The number of rotatable bonds is 5. The van der Waals surface area contributed by atoms with E-state index in [0.717, 1.165) is 0 Å². The number of benzene rings is 6. The van der Waals surface area contributed by atoms with Crippen molar-refractivity contribution in [3.63, 3.8) is 0 Å². The number of aryl methyl sites for hydroxylation is 2. The van der Waals surface area contributed by atoms with Crippen LogP contribution in [0.1, 0.15) is 73.3 Å². The molecule has 0 spiro atoms. The third-order valence-electron chi connectivity index (χ3n) is 11.1. The number of hydrogen-bond donors (Lipinski definition) is 0. The summed E-state index contributed by atoms with van der Waals surface area (Å²) >= 11 is 0. The molecule has 0 atom stereocenters. The number of anilines is 2. The van der Waals surface area contributed by atoms with Crippen molar-refractivity contribution in [2.45, 2.75) is 70.8 Å². The SMILES string of the molecule is Cc1ccccc1-c1cc2ccccc2cc1N(c1ccc2c(c1)C(C)(C)c1cccc(C)c1-2)C1CCC(c2ccccc2)CC1. The van der Waals surface area contributed by atoms with Crippen LogP contribution in [-0.4, -0.2) is 6.04 Å². The normalized spacial score (nSPS) is 18.3. The fraction of sp³-hybridized carbons (Fsp3) is 0.244. The van der Waals surface area contributed by atoms with Crippen LogP contribution >= 0.6 is 0 Å². The van der Waals surface area contributed by atoms with E-state index >= 15 is 0 Å². The van der Waals surface area contributed by atoms with Crippen molar-refractivity contribution in [1.82, 2.24) is 0 Å². The van der Waals surface area contributed by atoms with Crippen molar-refractivity contribution >= 4 is 22.1 Å². The van der Waals surface area contributed by atoms with E-state index in [1.165, 1.54) is 97.9 Å². The lowest BCUT2D eigenvalue weighted by Crippen LogP contribution is -2.35. The van der Waals surface area contributed by atoms with E-state index in [1.807, 2.05) is 0 Å². The Bertz CT molecular complexity index is 2060. The molecule has 46 heavy (non-hydrogen) atoms. The van der Waals surface area contributed by atoms with E-state index in [1.54, 1.807) is 0 Å². The average Bonchev–Trinajstić information content (AvgIpc) is 3.32. The van der Waals surface area contributed by atoms with Gasteiger partial charge in [0.05, 0.1) is 0 Å². The third-order valence-corrected chi connectivity index (χ3v) is 11.1. The molecule has 0 saturated heterocycles. The molecule has 1 heteroatoms. The second-order valence-corrected chi connectivity index (χ2v) is 14.2. The van der Waals surface area contributed by atoms with E-state index in [4.69, 9.17) is 0 Å². The Balaban J connectivity index is 1.31. The lowest BCUT2D eigenvalue weighted by atomic mass is 9.80. The maximum Gasteiger partial charge on any atom is 0.0499 e. The second-order valence-electron chi connectivity index (χ2n) is 14.2. The predicted molar refractivity (Wildman–Crippen MR) is 196 cm³/mol. The number of nitrogens with zero attached hydrogens (tertiary/aromatic N) is 1. The minimum absolute atomic E-state index is 0.0500. The Hall–Kier alpha value is -4.62. The summed E-state index contributed by atoms with van der Waals surface area (Å²) in [4.78, 5) is 2.74. The summed E-state index contributed by atoms with van der Waals surface area (Å²) < 4.78 is 0. The number of fused-ring (bicyclic) bond motifs is 4. The van der Waals surface area contributed by atoms with Crippen molar-refractivity contribution in [1.29, 1.82) is 0 Å². The van der Waals surface area contributed by atoms with Crippen LogP contribution in [0.2, 0.25) is 0 Å². The molecule has 0 heterocycles. The topological polar surface area (TPSA) is 3.24 Å². The highest BCUT2D eigenvalue weighted by molar-refractivity contribution is 5.97. The Morgan fingerprint density at radius 1 is 0.543 bits per heavy atom. The maximum absolute atomic E-state index is 2.74. The first-order valence-corrected chi connectivity index (χ1v) is 17.1. The molecular formula is C45H43N. The van der Waals surface area contributed by atoms with Gasteiger partial charge in [-0.1, -0.05) is 117 Å². The van der Waals surface area contributed by atoms with Gasteiger partial charge >= 0.3 is 0 Å². The molecular weight excluding hydrogens is 555 g/mol. The molecule has 1 fully saturated rings. The van der Waals surface area contributed by atoms with Crippen LogP contribution < -0.4 is 4.90 Å². The second kappa shape index (κ2) is 11.3. The Morgan fingerprint density at radius 2 is 1.22 bits per heavy atom. The van der Waals surface area contributed by atoms with Crippen LogP contribution in [-0.2, 0) is 5.41 Å². The largest absolute Gasteiger partial charge is 0.338 e. The highest BCUT2D eigenvalue weighted by Crippen LogP contribution is 2.52. The first-order valence-electron chi connectivity index (χ1n) is 17.1. The highest BCUT2D eigenvalue weighted by atomic mass is 15.2. The summed E-state index contributed by atoms with van der Waals surface area (Å²) in [5.74, 6) is 0.628. The fourth-order valence-corrected chi connectivity index (χ4v) is 8.57. The van der Waals surface area contributed by atoms with Gasteiger partial charge in [0.15, 0.2) is 0 Å². The lowest BCUT2D eigenvalue weighted by Gasteiger charge is -2.40. The zero-order valence-electron chi connectivity index (χ0n) is 27.6. The molecule has 1 nitrogen and oxygen atoms in total. The molecule has 0 bridgehead atoms. The molecule has 1 saturated carbocycles. The van der Waals surface area contributed by atoms with Crippen molar-refractivity contribution in [3.05, 3.63) is 155 Å². The van der Waals surface area contributed by atoms with Crippen molar-refractivity contribution in [2.75, 3.05) is 4.90 Å². The fourth-order valence-electron chi connectivity index (χ4n) is 8.57. The maximum atomic E-state index is 2.74. The molecule has 0 aliphatic heterocycles. The standard InChI is InChI=1S/C45H43N/c1-30-13-8-11-19-38(30)40-27-34-17-9-10-18-35(34)28-43(40)46(36-23-21-33(22-24-36)32-15-6-5-7-16-32)37-25-26-39-42(29-37)45(3,4)41-20-12-14-31(2)44(39)41/h5-20,25-29,33,36H,21-24H2,1-4H3. The molecule has 2 aliphatic rings. The van der Waals surface area contributed by atoms with E-state index in [0.29, 0.717) is 12.0 Å². The molecule has 0 amide bonds. The Morgan fingerprint density at radius 3 is 1.98 bits per heavy atom. The molecule has 6 aromatic rings. The van der Waals surface area contributed by atoms with Gasteiger partial charge in [-0.3, -0.25) is 0 Å². The van der Waals surface area contributed by atoms with Crippen LogP contribution in [0.5, 0.6) is 0 Å². The summed E-state index contributed by atoms with van der Waals surface area (Å²) in [6.45, 7) is 9.33. The molecule has 228 valence electrons. The minimum atomic E-state index is -0.0500. The van der Waals surface area contributed by atoms with Gasteiger partial charge in [-0.15, -0.1) is 0 Å². The zero-order valence-corrected chi connectivity index (χ0v) is 27.6. The molecule has 0 unspecified atom stereocenters. The van der Waals surface area contributed by atoms with Crippen LogP contribution in [0.15, 0.2) is 127 Å². The molecule has 0 N–H and O–H groups in total. The van der Waals surface area contributed by atoms with Gasteiger partial charge in [0.1, 0.15) is 0 Å². The van der Waals surface area contributed by atoms with Crippen molar-refractivity contribution in [2.24, 2.45) is 0 Å². The molecule has 2 aliphatic carbocycles. The van der Waals surface area contributed by atoms with Gasteiger partial charge in [-0.25, -0.2) is 0 Å². The minimum Gasteiger partial charge on any atom is -0.338 e. The average molecular weight is 598 g/mol. The van der Waals surface area contributed by atoms with Crippen LogP contribution in [0.3, 0.4) is 0 Å². The number of hydrogen-bond acceptors (Lipinski definition) is 1. The van der Waals surface area contributed by atoms with E-state index in [-0.39, 0.29) is 5.41 Å². The summed E-state index contributed by atoms with van der Waals surface area (Å²) in [6.07, 6.45) is 4.75. The van der Waals surface area contributed by atoms with Crippen LogP contribution in [0, 0.1) is 13.8 Å². The molecule has 6 aromatic carbocycles. The Labute approximate surface area is 274 Å². The Kier molecular flexibility index (Phi) is 7.09. The van der Waals surface area contributed by atoms with Gasteiger partial charge in [0, 0.05) is 28.4 Å². The summed E-state index contributed by atoms with van der Waals surface area (Å²) in [6, 6.07) is 48.5. The first kappa shape index (κ1) is 28.8. The van der Waals surface area contributed by atoms with E-state index < -0.39 is 0 Å². The van der Waals surface area contributed by atoms with Crippen LogP contribution in [0.4, 0.5) is 11.4 Å². The van der Waals surface area contributed by atoms with Gasteiger partial charge < -0.3 is 4.90 Å². The summed E-state index contributed by atoms with van der Waals surface area (Å²) in [5.41, 5.74) is 15.1. The molecule has 0 aromatic heterocycles. The predicted octanol–water partition coefficient (Wildman–Crippen LogP) is 12.3. The van der Waals surface area contributed by atoms with Gasteiger partial charge in [-0.05, 0) is 125 Å². The lowest BCUT2D eigenvalue weighted by molar-refractivity contribution is 0.392. The van der Waals surface area contributed by atoms with E-state index in [9.17, 15) is 0 Å². The van der Waals surface area contributed by atoms with Crippen LogP contribution in [0.25, 0.3) is 33.0 Å². The summed E-state index contributed by atoms with van der Waals surface area (Å²) in [5, 5.41) is 2.58. The highest BCUT2D eigenvalue weighted by Gasteiger charge is 2.37. The van der Waals surface area contributed by atoms with Crippen molar-refractivity contribution in [3.8, 4) is 22.3 Å². The summed E-state index contributed by atoms with van der Waals surface area (Å²) in [7, 11) is 0. The quantitative estimate of drug-likeness (QED) is 0.191. The van der Waals surface area contributed by atoms with E-state index in [2.05, 4.69) is 160 Å². The van der Waals surface area contributed by atoms with Crippen molar-refractivity contribution < 1.29 is 0 Å². The van der Waals surface area contributed by atoms with Gasteiger partial charge in [0.25, 0.3) is 0 Å². The van der Waals surface area contributed by atoms with Gasteiger partial charge in [-0.2, -0.15) is 0 Å². The zero-order chi connectivity index (χ0) is 31.4. The monoisotopic (exact) mass is 597 g/mol. The van der Waals surface area contributed by atoms with Gasteiger partial charge in [0.2, 0.25) is 0 Å². The third kappa shape index (κ3) is 4.76. The molecule has 0 radical (unpaired) electrons. The first-order chi connectivity index (χ1) is 22.4. The molecule has 8 rings (SSSR count).